The Labute approximate surface area is 164 Å². The number of anilines is 1. The summed E-state index contributed by atoms with van der Waals surface area (Å²) in [5.74, 6) is 0.596. The van der Waals surface area contributed by atoms with E-state index in [4.69, 9.17) is 20.3 Å². The van der Waals surface area contributed by atoms with Crippen LogP contribution in [0.4, 0.5) is 5.69 Å². The van der Waals surface area contributed by atoms with Gasteiger partial charge in [0.05, 0.1) is 6.61 Å². The molecule has 0 aromatic heterocycles. The van der Waals surface area contributed by atoms with Crippen molar-refractivity contribution in [3.8, 4) is 5.75 Å². The number of piperazine rings is 1. The van der Waals surface area contributed by atoms with Gasteiger partial charge in [-0.25, -0.2) is 4.31 Å². The number of primary amides is 1. The molecule has 2 aliphatic heterocycles. The number of nitrogens with two attached hydrogens (primary N) is 1. The molecule has 0 radical (unpaired) electrons. The standard InChI is InChI=1S/C19H29N3O4S/c20-18(24)19(5-13-25-14-6-19)27-22-9-7-21(8-10-22)16-3-1-4-17(15-16)26-12-2-11-23/h1,3-4,15,23H,2,5-14H2,(H2,20,24). The Morgan fingerprint density at radius 2 is 2.00 bits per heavy atom. The molecule has 150 valence electrons. The SMILES string of the molecule is NC(=O)C1(SN2CCN(c3cccc(OCCCO)c3)CC2)CCOCC1. The number of aliphatic hydroxyl groups excluding tert-OH is 1. The molecule has 0 bridgehead atoms. The van der Waals surface area contributed by atoms with E-state index in [0.29, 0.717) is 39.1 Å². The Kier molecular flexibility index (Phi) is 7.23. The highest BCUT2D eigenvalue weighted by Crippen LogP contribution is 2.38. The van der Waals surface area contributed by atoms with Crippen LogP contribution in [0.2, 0.25) is 0 Å². The summed E-state index contributed by atoms with van der Waals surface area (Å²) in [6.07, 6.45) is 1.99. The second-order valence-corrected chi connectivity index (χ2v) is 8.38. The van der Waals surface area contributed by atoms with Crippen LogP contribution < -0.4 is 15.4 Å². The largest absolute Gasteiger partial charge is 0.493 e. The van der Waals surface area contributed by atoms with E-state index >= 15 is 0 Å². The van der Waals surface area contributed by atoms with Crippen LogP contribution in [-0.4, -0.2) is 72.7 Å². The summed E-state index contributed by atoms with van der Waals surface area (Å²) in [4.78, 5) is 14.4. The first-order valence-corrected chi connectivity index (χ1v) is 10.3. The molecule has 1 amide bonds. The van der Waals surface area contributed by atoms with Crippen molar-refractivity contribution >= 4 is 23.5 Å². The third kappa shape index (κ3) is 5.28. The highest BCUT2D eigenvalue weighted by atomic mass is 32.2. The quantitative estimate of drug-likeness (QED) is 0.506. The first-order chi connectivity index (χ1) is 13.1. The molecular weight excluding hydrogens is 366 g/mol. The van der Waals surface area contributed by atoms with Gasteiger partial charge < -0.3 is 25.2 Å². The first-order valence-electron chi connectivity index (χ1n) is 9.53. The molecule has 27 heavy (non-hydrogen) atoms. The lowest BCUT2D eigenvalue weighted by Crippen LogP contribution is -2.51. The summed E-state index contributed by atoms with van der Waals surface area (Å²) in [6.45, 7) is 5.36. The van der Waals surface area contributed by atoms with Crippen molar-refractivity contribution in [3.05, 3.63) is 24.3 Å². The highest BCUT2D eigenvalue weighted by molar-refractivity contribution is 7.99. The predicted octanol–water partition coefficient (Wildman–Crippen LogP) is 1.25. The maximum Gasteiger partial charge on any atom is 0.235 e. The number of carbonyl (C=O) groups is 1. The van der Waals surface area contributed by atoms with E-state index in [1.54, 1.807) is 11.9 Å². The van der Waals surface area contributed by atoms with E-state index in [1.165, 1.54) is 0 Å². The van der Waals surface area contributed by atoms with Gasteiger partial charge in [-0.3, -0.25) is 4.79 Å². The number of carbonyl (C=O) groups excluding carboxylic acids is 1. The third-order valence-corrected chi connectivity index (χ3v) is 6.63. The van der Waals surface area contributed by atoms with Crippen molar-refractivity contribution in [2.24, 2.45) is 5.73 Å². The van der Waals surface area contributed by atoms with Crippen molar-refractivity contribution in [1.82, 2.24) is 4.31 Å². The zero-order valence-corrected chi connectivity index (χ0v) is 16.5. The van der Waals surface area contributed by atoms with Gasteiger partial charge in [0.1, 0.15) is 10.5 Å². The molecule has 2 fully saturated rings. The lowest BCUT2D eigenvalue weighted by molar-refractivity contribution is -0.122. The average Bonchev–Trinajstić information content (AvgIpc) is 2.70. The second kappa shape index (κ2) is 9.64. The molecule has 2 heterocycles. The van der Waals surface area contributed by atoms with Gasteiger partial charge in [0, 0.05) is 64.2 Å². The molecule has 7 nitrogen and oxygen atoms in total. The summed E-state index contributed by atoms with van der Waals surface area (Å²) >= 11 is 1.61. The van der Waals surface area contributed by atoms with Crippen molar-refractivity contribution in [2.75, 3.05) is 57.5 Å². The molecule has 2 saturated heterocycles. The van der Waals surface area contributed by atoms with Crippen LogP contribution in [0.15, 0.2) is 24.3 Å². The van der Waals surface area contributed by atoms with Crippen molar-refractivity contribution in [3.63, 3.8) is 0 Å². The summed E-state index contributed by atoms with van der Waals surface area (Å²) in [5, 5.41) is 8.87. The molecule has 0 spiro atoms. The van der Waals surface area contributed by atoms with E-state index in [2.05, 4.69) is 15.3 Å². The monoisotopic (exact) mass is 395 g/mol. The van der Waals surface area contributed by atoms with Crippen LogP contribution in [0.5, 0.6) is 5.75 Å². The Bertz CT molecular complexity index is 617. The van der Waals surface area contributed by atoms with Crippen LogP contribution in [0.1, 0.15) is 19.3 Å². The lowest BCUT2D eigenvalue weighted by atomic mass is 9.98. The van der Waals surface area contributed by atoms with E-state index in [0.717, 1.165) is 37.6 Å². The smallest absolute Gasteiger partial charge is 0.235 e. The van der Waals surface area contributed by atoms with Crippen LogP contribution in [0.25, 0.3) is 0 Å². The number of nitrogens with zero attached hydrogens (tertiary/aromatic N) is 2. The molecule has 0 unspecified atom stereocenters. The predicted molar refractivity (Wildman–Crippen MR) is 107 cm³/mol. The van der Waals surface area contributed by atoms with Gasteiger partial charge in [0.2, 0.25) is 5.91 Å². The topological polar surface area (TPSA) is 88.3 Å². The molecule has 3 rings (SSSR count). The van der Waals surface area contributed by atoms with Crippen molar-refractivity contribution in [1.29, 1.82) is 0 Å². The molecule has 0 atom stereocenters. The zero-order valence-electron chi connectivity index (χ0n) is 15.6. The Morgan fingerprint density at radius 1 is 1.26 bits per heavy atom. The van der Waals surface area contributed by atoms with Crippen LogP contribution >= 0.6 is 11.9 Å². The molecular formula is C19H29N3O4S. The minimum atomic E-state index is -0.527. The molecule has 1 aromatic rings. The lowest BCUT2D eigenvalue weighted by Gasteiger charge is -2.41. The third-order valence-electron chi connectivity index (χ3n) is 5.05. The minimum Gasteiger partial charge on any atom is -0.493 e. The van der Waals surface area contributed by atoms with Crippen LogP contribution in [0, 0.1) is 0 Å². The zero-order chi connectivity index (χ0) is 19.1. The normalized spacial score (nSPS) is 20.4. The molecule has 2 aliphatic rings. The Balaban J connectivity index is 1.54. The van der Waals surface area contributed by atoms with Crippen molar-refractivity contribution < 1.29 is 19.4 Å². The number of ether oxygens (including phenoxy) is 2. The molecule has 8 heteroatoms. The fraction of sp³-hybridized carbons (Fsp3) is 0.632. The molecule has 0 saturated carbocycles. The summed E-state index contributed by atoms with van der Waals surface area (Å²) in [7, 11) is 0. The average molecular weight is 396 g/mol. The number of benzene rings is 1. The fourth-order valence-corrected chi connectivity index (χ4v) is 4.67. The second-order valence-electron chi connectivity index (χ2n) is 6.90. The summed E-state index contributed by atoms with van der Waals surface area (Å²) in [6, 6.07) is 8.07. The van der Waals surface area contributed by atoms with Crippen LogP contribution in [0.3, 0.4) is 0 Å². The van der Waals surface area contributed by atoms with E-state index in [-0.39, 0.29) is 12.5 Å². The minimum absolute atomic E-state index is 0.137. The Morgan fingerprint density at radius 3 is 2.67 bits per heavy atom. The maximum atomic E-state index is 12.1. The van der Waals surface area contributed by atoms with Gasteiger partial charge in [-0.2, -0.15) is 0 Å². The van der Waals surface area contributed by atoms with E-state index < -0.39 is 4.75 Å². The van der Waals surface area contributed by atoms with Crippen molar-refractivity contribution in [2.45, 2.75) is 24.0 Å². The highest BCUT2D eigenvalue weighted by Gasteiger charge is 2.41. The Hall–Kier alpha value is -1.48. The number of rotatable bonds is 8. The van der Waals surface area contributed by atoms with Crippen LogP contribution in [-0.2, 0) is 9.53 Å². The number of hydrogen-bond acceptors (Lipinski definition) is 7. The van der Waals surface area contributed by atoms with E-state index in [9.17, 15) is 4.79 Å². The maximum absolute atomic E-state index is 12.1. The first kappa shape index (κ1) is 20.3. The fourth-order valence-electron chi connectivity index (χ4n) is 3.39. The molecule has 0 aliphatic carbocycles. The number of aliphatic hydroxyl groups is 1. The number of hydrogen-bond donors (Lipinski definition) is 2. The van der Waals surface area contributed by atoms with Gasteiger partial charge in [-0.1, -0.05) is 18.0 Å². The van der Waals surface area contributed by atoms with Gasteiger partial charge >= 0.3 is 0 Å². The van der Waals surface area contributed by atoms with Gasteiger partial charge in [-0.05, 0) is 25.0 Å². The molecule has 3 N–H and O–H groups in total. The van der Waals surface area contributed by atoms with Gasteiger partial charge in [0.15, 0.2) is 0 Å². The van der Waals surface area contributed by atoms with Gasteiger partial charge in [-0.15, -0.1) is 0 Å². The van der Waals surface area contributed by atoms with Gasteiger partial charge in [0.25, 0.3) is 0 Å². The summed E-state index contributed by atoms with van der Waals surface area (Å²) in [5.41, 5.74) is 6.86. The molecule has 1 aromatic carbocycles. The van der Waals surface area contributed by atoms with E-state index in [1.807, 2.05) is 18.2 Å². The number of amides is 1. The summed E-state index contributed by atoms with van der Waals surface area (Å²) < 4.78 is 12.8.